The van der Waals surface area contributed by atoms with E-state index in [1.54, 1.807) is 6.20 Å². The van der Waals surface area contributed by atoms with Crippen molar-refractivity contribution in [1.29, 1.82) is 0 Å². The minimum Gasteiger partial charge on any atom is -0.437 e. The zero-order valence-corrected chi connectivity index (χ0v) is 12.5. The topological polar surface area (TPSA) is 26.0 Å². The van der Waals surface area contributed by atoms with Crippen molar-refractivity contribution >= 4 is 22.9 Å². The van der Waals surface area contributed by atoms with Gasteiger partial charge in [0, 0.05) is 11.6 Å². The summed E-state index contributed by atoms with van der Waals surface area (Å²) >= 11 is 0. The minimum absolute atomic E-state index is 0.608. The molecule has 23 heavy (non-hydrogen) atoms. The lowest BCUT2D eigenvalue weighted by molar-refractivity contribution is 0.560. The molecule has 0 amide bonds. The second kappa shape index (κ2) is 5.93. The summed E-state index contributed by atoms with van der Waals surface area (Å²) in [6, 6.07) is 24.6. The Morgan fingerprint density at radius 3 is 2.43 bits per heavy atom. The molecule has 2 nitrogen and oxygen atoms in total. The molecule has 1 aromatic heterocycles. The third-order valence-electron chi connectivity index (χ3n) is 3.81. The van der Waals surface area contributed by atoms with Gasteiger partial charge < -0.3 is 4.42 Å². The molecule has 110 valence electrons. The van der Waals surface area contributed by atoms with E-state index in [2.05, 4.69) is 47.4 Å². The number of hydrogen-bond acceptors (Lipinski definition) is 2. The first-order chi connectivity index (χ1) is 11.4. The van der Waals surface area contributed by atoms with Crippen LogP contribution in [0.3, 0.4) is 0 Å². The molecule has 0 aliphatic rings. The summed E-state index contributed by atoms with van der Waals surface area (Å²) in [5.74, 6) is 1.39. The first-order valence-electron chi connectivity index (χ1n) is 7.57. The summed E-state index contributed by atoms with van der Waals surface area (Å²) in [6.45, 7) is 0. The van der Waals surface area contributed by atoms with Crippen LogP contribution in [-0.4, -0.2) is 4.98 Å². The normalized spacial score (nSPS) is 11.3. The molecular formula is C21H15NO. The van der Waals surface area contributed by atoms with Crippen LogP contribution in [0.2, 0.25) is 0 Å². The van der Waals surface area contributed by atoms with Crippen LogP contribution in [0.25, 0.3) is 34.2 Å². The lowest BCUT2D eigenvalue weighted by Crippen LogP contribution is -1.77. The van der Waals surface area contributed by atoms with Crippen LogP contribution in [0.1, 0.15) is 11.5 Å². The van der Waals surface area contributed by atoms with Gasteiger partial charge in [-0.2, -0.15) is 0 Å². The van der Waals surface area contributed by atoms with Gasteiger partial charge in [-0.1, -0.05) is 72.8 Å². The quantitative estimate of drug-likeness (QED) is 0.487. The fourth-order valence-electron chi connectivity index (χ4n) is 2.66. The molecule has 0 bridgehead atoms. The fraction of sp³-hybridized carbons (Fsp3) is 0. The lowest BCUT2D eigenvalue weighted by atomic mass is 10.0. The highest BCUT2D eigenvalue weighted by molar-refractivity contribution is 5.92. The molecule has 4 aromatic rings. The molecule has 0 saturated carbocycles. The van der Waals surface area contributed by atoms with Crippen LogP contribution in [0.5, 0.6) is 0 Å². The Labute approximate surface area is 134 Å². The first kappa shape index (κ1) is 13.5. The summed E-state index contributed by atoms with van der Waals surface area (Å²) in [4.78, 5) is 4.33. The second-order valence-corrected chi connectivity index (χ2v) is 5.33. The average Bonchev–Trinajstić information content (AvgIpc) is 3.10. The Balaban J connectivity index is 1.65. The molecule has 0 fully saturated rings. The van der Waals surface area contributed by atoms with E-state index < -0.39 is 0 Å². The Morgan fingerprint density at radius 2 is 1.52 bits per heavy atom. The predicted molar refractivity (Wildman–Crippen MR) is 94.8 cm³/mol. The molecule has 1 heterocycles. The molecule has 0 atom stereocenters. The van der Waals surface area contributed by atoms with Gasteiger partial charge in [0.25, 0.3) is 0 Å². The average molecular weight is 297 g/mol. The van der Waals surface area contributed by atoms with Gasteiger partial charge in [-0.25, -0.2) is 4.98 Å². The number of aromatic nitrogens is 1. The highest BCUT2D eigenvalue weighted by Gasteiger charge is 2.03. The summed E-state index contributed by atoms with van der Waals surface area (Å²) < 4.78 is 5.81. The molecular weight excluding hydrogens is 282 g/mol. The van der Waals surface area contributed by atoms with Gasteiger partial charge in [0.15, 0.2) is 5.76 Å². The molecule has 0 aliphatic heterocycles. The van der Waals surface area contributed by atoms with Crippen molar-refractivity contribution in [3.8, 4) is 11.3 Å². The first-order valence-corrected chi connectivity index (χ1v) is 7.57. The highest BCUT2D eigenvalue weighted by atomic mass is 16.4. The smallest absolute Gasteiger partial charge is 0.219 e. The number of nitrogens with zero attached hydrogens (tertiary/aromatic N) is 1. The Hall–Kier alpha value is -3.13. The maximum absolute atomic E-state index is 5.81. The molecule has 0 spiro atoms. The number of fused-ring (bicyclic) bond motifs is 1. The van der Waals surface area contributed by atoms with Gasteiger partial charge in [-0.05, 0) is 22.4 Å². The van der Waals surface area contributed by atoms with E-state index in [4.69, 9.17) is 4.42 Å². The Bertz CT molecular complexity index is 962. The molecule has 0 N–H and O–H groups in total. The number of oxazole rings is 1. The van der Waals surface area contributed by atoms with Crippen molar-refractivity contribution in [2.75, 3.05) is 0 Å². The Morgan fingerprint density at radius 1 is 0.739 bits per heavy atom. The van der Waals surface area contributed by atoms with Gasteiger partial charge in [0.1, 0.15) is 0 Å². The van der Waals surface area contributed by atoms with Gasteiger partial charge in [0.2, 0.25) is 5.89 Å². The van der Waals surface area contributed by atoms with Crippen LogP contribution in [0, 0.1) is 0 Å². The van der Waals surface area contributed by atoms with Crippen LogP contribution in [0.15, 0.2) is 83.4 Å². The standard InChI is InChI=1S/C21H15NO/c1-2-8-18(9-3-1)20-15-22-21(23-20)14-13-17-11-6-10-16-7-4-5-12-19(16)17/h1-15H/b14-13-. The van der Waals surface area contributed by atoms with Crippen LogP contribution < -0.4 is 0 Å². The van der Waals surface area contributed by atoms with E-state index in [0.29, 0.717) is 5.89 Å². The predicted octanol–water partition coefficient (Wildman–Crippen LogP) is 5.67. The van der Waals surface area contributed by atoms with E-state index in [-0.39, 0.29) is 0 Å². The van der Waals surface area contributed by atoms with Crippen LogP contribution in [-0.2, 0) is 0 Å². The minimum atomic E-state index is 0.608. The fourth-order valence-corrected chi connectivity index (χ4v) is 2.66. The number of rotatable bonds is 3. The van der Waals surface area contributed by atoms with Crippen LogP contribution in [0.4, 0.5) is 0 Å². The van der Waals surface area contributed by atoms with Crippen molar-refractivity contribution < 1.29 is 4.42 Å². The maximum atomic E-state index is 5.81. The SMILES string of the molecule is C(=C/c1cccc2ccccc12)/c1ncc(-c2ccccc2)o1. The van der Waals surface area contributed by atoms with Crippen LogP contribution >= 0.6 is 0 Å². The van der Waals surface area contributed by atoms with Crippen molar-refractivity contribution in [2.24, 2.45) is 0 Å². The second-order valence-electron chi connectivity index (χ2n) is 5.33. The molecule has 0 aliphatic carbocycles. The Kier molecular flexibility index (Phi) is 3.49. The zero-order chi connectivity index (χ0) is 15.5. The molecule has 3 aromatic carbocycles. The lowest BCUT2D eigenvalue weighted by Gasteiger charge is -2.00. The van der Waals surface area contributed by atoms with E-state index in [1.807, 2.05) is 42.5 Å². The summed E-state index contributed by atoms with van der Waals surface area (Å²) in [6.07, 6.45) is 5.72. The third-order valence-corrected chi connectivity index (χ3v) is 3.81. The molecule has 0 unspecified atom stereocenters. The maximum Gasteiger partial charge on any atom is 0.219 e. The van der Waals surface area contributed by atoms with Crippen molar-refractivity contribution in [3.63, 3.8) is 0 Å². The summed E-state index contributed by atoms with van der Waals surface area (Å²) in [7, 11) is 0. The molecule has 0 radical (unpaired) electrons. The molecule has 0 saturated heterocycles. The van der Waals surface area contributed by atoms with E-state index in [1.165, 1.54) is 10.8 Å². The van der Waals surface area contributed by atoms with Gasteiger partial charge in [0.05, 0.1) is 6.20 Å². The van der Waals surface area contributed by atoms with Crippen molar-refractivity contribution in [2.45, 2.75) is 0 Å². The number of benzene rings is 3. The van der Waals surface area contributed by atoms with E-state index in [0.717, 1.165) is 16.9 Å². The van der Waals surface area contributed by atoms with Gasteiger partial charge >= 0.3 is 0 Å². The molecule has 2 heteroatoms. The largest absolute Gasteiger partial charge is 0.437 e. The number of hydrogen-bond donors (Lipinski definition) is 0. The van der Waals surface area contributed by atoms with Gasteiger partial charge in [-0.15, -0.1) is 0 Å². The van der Waals surface area contributed by atoms with Crippen molar-refractivity contribution in [1.82, 2.24) is 4.98 Å². The molecule has 4 rings (SSSR count). The summed E-state index contributed by atoms with van der Waals surface area (Å²) in [5, 5.41) is 2.45. The van der Waals surface area contributed by atoms with E-state index >= 15 is 0 Å². The van der Waals surface area contributed by atoms with Gasteiger partial charge in [-0.3, -0.25) is 0 Å². The third kappa shape index (κ3) is 2.79. The zero-order valence-electron chi connectivity index (χ0n) is 12.5. The monoisotopic (exact) mass is 297 g/mol. The van der Waals surface area contributed by atoms with Crippen molar-refractivity contribution in [3.05, 3.63) is 90.4 Å². The van der Waals surface area contributed by atoms with E-state index in [9.17, 15) is 0 Å². The summed E-state index contributed by atoms with van der Waals surface area (Å²) in [5.41, 5.74) is 2.19. The highest BCUT2D eigenvalue weighted by Crippen LogP contribution is 2.23.